The van der Waals surface area contributed by atoms with Crippen molar-refractivity contribution in [3.8, 4) is 5.75 Å². The van der Waals surface area contributed by atoms with E-state index in [2.05, 4.69) is 22.0 Å². The highest BCUT2D eigenvalue weighted by Gasteiger charge is 2.37. The van der Waals surface area contributed by atoms with E-state index in [1.54, 1.807) is 17.0 Å². The summed E-state index contributed by atoms with van der Waals surface area (Å²) in [7, 11) is 0. The number of rotatable bonds is 7. The molecule has 8 heteroatoms. The fourth-order valence-corrected chi connectivity index (χ4v) is 4.66. The first-order chi connectivity index (χ1) is 17.2. The van der Waals surface area contributed by atoms with E-state index in [-0.39, 0.29) is 23.3 Å². The van der Waals surface area contributed by atoms with E-state index in [1.165, 1.54) is 4.90 Å². The van der Waals surface area contributed by atoms with Crippen molar-refractivity contribution in [1.29, 1.82) is 0 Å². The fourth-order valence-electron chi connectivity index (χ4n) is 4.66. The number of piperidine rings is 1. The SMILES string of the molecule is Cc1ccc(CCN2CCN(C(=O)Oc3ccc(CCN4C(=O)CC(C)(C)CC4=O)cc3)CC2)nc1. The summed E-state index contributed by atoms with van der Waals surface area (Å²) in [5.41, 5.74) is 2.97. The summed E-state index contributed by atoms with van der Waals surface area (Å²) >= 11 is 0. The Labute approximate surface area is 213 Å². The molecule has 36 heavy (non-hydrogen) atoms. The van der Waals surface area contributed by atoms with Gasteiger partial charge in [-0.2, -0.15) is 0 Å². The minimum atomic E-state index is -0.338. The van der Waals surface area contributed by atoms with Crippen LogP contribution in [0.15, 0.2) is 42.6 Å². The Morgan fingerprint density at radius 3 is 2.19 bits per heavy atom. The van der Waals surface area contributed by atoms with Gasteiger partial charge in [0.25, 0.3) is 0 Å². The molecule has 3 heterocycles. The van der Waals surface area contributed by atoms with E-state index < -0.39 is 0 Å². The van der Waals surface area contributed by atoms with Crippen LogP contribution in [0.2, 0.25) is 0 Å². The molecule has 0 spiro atoms. The second-order valence-corrected chi connectivity index (χ2v) is 10.6. The summed E-state index contributed by atoms with van der Waals surface area (Å²) < 4.78 is 5.58. The molecule has 0 saturated carbocycles. The molecular formula is C28H36N4O4. The Balaban J connectivity index is 1.19. The van der Waals surface area contributed by atoms with E-state index >= 15 is 0 Å². The monoisotopic (exact) mass is 492 g/mol. The molecule has 2 fully saturated rings. The maximum absolute atomic E-state index is 12.6. The molecule has 0 unspecified atom stereocenters. The molecule has 2 aliphatic rings. The Kier molecular flexibility index (Phi) is 8.04. The van der Waals surface area contributed by atoms with Gasteiger partial charge < -0.3 is 9.64 Å². The van der Waals surface area contributed by atoms with Crippen molar-refractivity contribution in [2.75, 3.05) is 39.3 Å². The lowest BCUT2D eigenvalue weighted by molar-refractivity contribution is -0.152. The van der Waals surface area contributed by atoms with Crippen LogP contribution in [-0.2, 0) is 22.4 Å². The van der Waals surface area contributed by atoms with Crippen molar-refractivity contribution in [1.82, 2.24) is 19.7 Å². The Morgan fingerprint density at radius 1 is 0.917 bits per heavy atom. The molecule has 0 bridgehead atoms. The largest absolute Gasteiger partial charge is 0.415 e. The van der Waals surface area contributed by atoms with Crippen molar-refractivity contribution in [3.63, 3.8) is 0 Å². The van der Waals surface area contributed by atoms with Gasteiger partial charge in [0.1, 0.15) is 5.75 Å². The van der Waals surface area contributed by atoms with Crippen molar-refractivity contribution in [2.45, 2.75) is 46.5 Å². The molecule has 3 amide bonds. The Hall–Kier alpha value is -3.26. The van der Waals surface area contributed by atoms with Crippen LogP contribution in [0.5, 0.6) is 5.75 Å². The van der Waals surface area contributed by atoms with Crippen LogP contribution >= 0.6 is 0 Å². The van der Waals surface area contributed by atoms with E-state index in [0.29, 0.717) is 44.6 Å². The number of pyridine rings is 1. The highest BCUT2D eigenvalue weighted by Crippen LogP contribution is 2.31. The van der Waals surface area contributed by atoms with Gasteiger partial charge >= 0.3 is 6.09 Å². The van der Waals surface area contributed by atoms with Crippen molar-refractivity contribution in [2.24, 2.45) is 5.41 Å². The number of carbonyl (C=O) groups excluding carboxylic acids is 3. The highest BCUT2D eigenvalue weighted by atomic mass is 16.6. The van der Waals surface area contributed by atoms with Crippen LogP contribution in [0.1, 0.15) is 43.5 Å². The lowest BCUT2D eigenvalue weighted by Gasteiger charge is -2.34. The second-order valence-electron chi connectivity index (χ2n) is 10.6. The predicted octanol–water partition coefficient (Wildman–Crippen LogP) is 3.47. The van der Waals surface area contributed by atoms with Gasteiger partial charge in [-0.25, -0.2) is 4.79 Å². The quantitative estimate of drug-likeness (QED) is 0.551. The van der Waals surface area contributed by atoms with Gasteiger partial charge in [0.05, 0.1) is 0 Å². The number of hydrogen-bond acceptors (Lipinski definition) is 6. The molecule has 8 nitrogen and oxygen atoms in total. The summed E-state index contributed by atoms with van der Waals surface area (Å²) in [6.45, 7) is 10.1. The molecule has 4 rings (SSSR count). The molecule has 2 aromatic rings. The number of piperazine rings is 1. The average Bonchev–Trinajstić information content (AvgIpc) is 2.84. The summed E-state index contributed by atoms with van der Waals surface area (Å²) in [5, 5.41) is 0. The van der Waals surface area contributed by atoms with Crippen LogP contribution in [0.3, 0.4) is 0 Å². The maximum atomic E-state index is 12.6. The van der Waals surface area contributed by atoms with Gasteiger partial charge in [0.15, 0.2) is 0 Å². The molecule has 1 aromatic carbocycles. The van der Waals surface area contributed by atoms with Gasteiger partial charge in [-0.05, 0) is 48.1 Å². The van der Waals surface area contributed by atoms with Crippen molar-refractivity contribution in [3.05, 3.63) is 59.4 Å². The predicted molar refractivity (Wildman–Crippen MR) is 137 cm³/mol. The van der Waals surface area contributed by atoms with Gasteiger partial charge in [0, 0.05) is 70.4 Å². The van der Waals surface area contributed by atoms with E-state index in [9.17, 15) is 14.4 Å². The lowest BCUT2D eigenvalue weighted by Crippen LogP contribution is -2.49. The number of benzene rings is 1. The zero-order valence-electron chi connectivity index (χ0n) is 21.5. The van der Waals surface area contributed by atoms with Crippen LogP contribution < -0.4 is 4.74 Å². The first-order valence-electron chi connectivity index (χ1n) is 12.7. The van der Waals surface area contributed by atoms with E-state index in [4.69, 9.17) is 4.74 Å². The topological polar surface area (TPSA) is 83.0 Å². The van der Waals surface area contributed by atoms with Crippen molar-refractivity contribution < 1.29 is 19.1 Å². The van der Waals surface area contributed by atoms with Crippen LogP contribution in [-0.4, -0.2) is 76.9 Å². The first-order valence-corrected chi connectivity index (χ1v) is 12.7. The highest BCUT2D eigenvalue weighted by molar-refractivity contribution is 5.98. The lowest BCUT2D eigenvalue weighted by atomic mass is 9.81. The number of carbonyl (C=O) groups is 3. The van der Waals surface area contributed by atoms with Gasteiger partial charge in [-0.1, -0.05) is 32.0 Å². The molecule has 0 aliphatic carbocycles. The Bertz CT molecular complexity index is 1050. The number of amides is 3. The number of ether oxygens (including phenoxy) is 1. The number of aromatic nitrogens is 1. The second kappa shape index (κ2) is 11.2. The number of likely N-dealkylation sites (tertiary alicyclic amines) is 1. The van der Waals surface area contributed by atoms with E-state index in [1.807, 2.05) is 39.1 Å². The smallest absolute Gasteiger partial charge is 0.410 e. The van der Waals surface area contributed by atoms with Gasteiger partial charge in [-0.15, -0.1) is 0 Å². The van der Waals surface area contributed by atoms with Crippen LogP contribution in [0, 0.1) is 12.3 Å². The number of hydrogen-bond donors (Lipinski definition) is 0. The molecule has 2 aliphatic heterocycles. The van der Waals surface area contributed by atoms with Gasteiger partial charge in [-0.3, -0.25) is 24.4 Å². The summed E-state index contributed by atoms with van der Waals surface area (Å²) in [6.07, 6.45) is 3.82. The van der Waals surface area contributed by atoms with E-state index in [0.717, 1.165) is 42.9 Å². The van der Waals surface area contributed by atoms with Crippen LogP contribution in [0.25, 0.3) is 0 Å². The molecule has 2 saturated heterocycles. The fraction of sp³-hybridized carbons (Fsp3) is 0.500. The minimum absolute atomic E-state index is 0.103. The molecule has 0 atom stereocenters. The zero-order chi connectivity index (χ0) is 25.7. The average molecular weight is 493 g/mol. The normalized spacial score (nSPS) is 18.4. The first kappa shape index (κ1) is 25.8. The van der Waals surface area contributed by atoms with Crippen molar-refractivity contribution >= 4 is 17.9 Å². The summed E-state index contributed by atoms with van der Waals surface area (Å²) in [4.78, 5) is 47.2. The molecule has 1 aromatic heterocycles. The van der Waals surface area contributed by atoms with Gasteiger partial charge in [0.2, 0.25) is 11.8 Å². The van der Waals surface area contributed by atoms with Crippen LogP contribution in [0.4, 0.5) is 4.79 Å². The summed E-state index contributed by atoms with van der Waals surface area (Å²) in [5.74, 6) is 0.283. The summed E-state index contributed by atoms with van der Waals surface area (Å²) in [6, 6.07) is 11.4. The number of aryl methyl sites for hydroxylation is 1. The third-order valence-corrected chi connectivity index (χ3v) is 6.90. The molecular weight excluding hydrogens is 456 g/mol. The Morgan fingerprint density at radius 2 is 1.58 bits per heavy atom. The molecule has 0 radical (unpaired) electrons. The number of nitrogens with zero attached hydrogens (tertiary/aromatic N) is 4. The molecule has 192 valence electrons. The maximum Gasteiger partial charge on any atom is 0.415 e. The third-order valence-electron chi connectivity index (χ3n) is 6.90. The number of imide groups is 1. The minimum Gasteiger partial charge on any atom is -0.410 e. The zero-order valence-corrected chi connectivity index (χ0v) is 21.5. The third kappa shape index (κ3) is 6.91. The standard InChI is InChI=1S/C28H36N4O4/c1-21-4-7-23(29-20-21)11-12-30-14-16-31(17-15-30)27(35)36-24-8-5-22(6-9-24)10-13-32-25(33)18-28(2,3)19-26(32)34/h4-9,20H,10-19H2,1-3H3. The molecule has 0 N–H and O–H groups in total.